The van der Waals surface area contributed by atoms with Gasteiger partial charge in [-0.15, -0.1) is 5.75 Å². The van der Waals surface area contributed by atoms with E-state index in [-0.39, 0.29) is 63.7 Å². The van der Waals surface area contributed by atoms with Crippen molar-refractivity contribution >= 4 is 12.0 Å². The first kappa shape index (κ1) is 22.5. The van der Waals surface area contributed by atoms with E-state index in [0.717, 1.165) is 6.08 Å². The van der Waals surface area contributed by atoms with Crippen LogP contribution in [0.25, 0.3) is 6.08 Å². The zero-order valence-corrected chi connectivity index (χ0v) is 16.6. The van der Waals surface area contributed by atoms with Crippen molar-refractivity contribution in [2.75, 3.05) is 6.54 Å². The van der Waals surface area contributed by atoms with Gasteiger partial charge in [0.1, 0.15) is 24.4 Å². The van der Waals surface area contributed by atoms with Crippen LogP contribution in [-0.2, 0) is 14.3 Å². The van der Waals surface area contributed by atoms with E-state index in [1.807, 2.05) is 0 Å². The third kappa shape index (κ3) is 5.72. The maximum atomic E-state index is 11.3. The number of ether oxygens (including phenoxy) is 2. The molecule has 1 saturated heterocycles. The summed E-state index contributed by atoms with van der Waals surface area (Å²) in [6.45, 7) is -0.165. The van der Waals surface area contributed by atoms with Gasteiger partial charge in [-0.25, -0.2) is 4.79 Å². The van der Waals surface area contributed by atoms with Crippen LogP contribution in [0.4, 0.5) is 0 Å². The summed E-state index contributed by atoms with van der Waals surface area (Å²) in [6.07, 6.45) is -6.12. The summed E-state index contributed by atoms with van der Waals surface area (Å²) in [6, 6.07) is 5.30. The van der Waals surface area contributed by atoms with Gasteiger partial charge in [0.25, 0.3) is 0 Å². The SMILES string of the molecule is NC[C@H]1O[C@@H](O/C(=C/c2ccc([O-])cc2)C(=O)O)[C@H](O)[C@@H](O)[C@H]1O.[K+]. The van der Waals surface area contributed by atoms with Crippen LogP contribution in [-0.4, -0.2) is 63.6 Å². The molecule has 0 amide bonds. The van der Waals surface area contributed by atoms with Crippen molar-refractivity contribution in [1.82, 2.24) is 0 Å². The van der Waals surface area contributed by atoms with E-state index in [0.29, 0.717) is 5.56 Å². The van der Waals surface area contributed by atoms with Crippen LogP contribution in [0, 0.1) is 0 Å². The van der Waals surface area contributed by atoms with Crippen LogP contribution in [0.15, 0.2) is 30.0 Å². The van der Waals surface area contributed by atoms with Gasteiger partial charge in [0.05, 0.1) is 0 Å². The molecule has 1 aromatic rings. The third-order valence-electron chi connectivity index (χ3n) is 3.53. The molecule has 1 fully saturated rings. The van der Waals surface area contributed by atoms with E-state index < -0.39 is 42.4 Å². The average Bonchev–Trinajstić information content (AvgIpc) is 2.56. The van der Waals surface area contributed by atoms with Crippen LogP contribution in [0.5, 0.6) is 5.75 Å². The first-order chi connectivity index (χ1) is 11.3. The van der Waals surface area contributed by atoms with Gasteiger partial charge >= 0.3 is 57.4 Å². The number of aliphatic hydroxyl groups is 3. The number of hydrogen-bond acceptors (Lipinski definition) is 8. The van der Waals surface area contributed by atoms with E-state index in [1.165, 1.54) is 24.3 Å². The monoisotopic (exact) mass is 379 g/mol. The minimum absolute atomic E-state index is 0. The molecule has 9 nitrogen and oxygen atoms in total. The van der Waals surface area contributed by atoms with Crippen LogP contribution < -0.4 is 62.2 Å². The van der Waals surface area contributed by atoms with E-state index >= 15 is 0 Å². The number of benzene rings is 1. The predicted octanol–water partition coefficient (Wildman–Crippen LogP) is -5.03. The van der Waals surface area contributed by atoms with Gasteiger partial charge in [0, 0.05) is 6.54 Å². The van der Waals surface area contributed by atoms with Crippen molar-refractivity contribution in [3.8, 4) is 5.75 Å². The fourth-order valence-corrected chi connectivity index (χ4v) is 2.20. The standard InChI is InChI=1S/C15H19NO8.K/c16-6-10-11(18)12(19)13(20)15(24-10)23-9(14(21)22)5-7-1-3-8(17)4-2-7;/h1-5,10-13,15,17-20H,6,16H2,(H,21,22);/q;+1/p-1/b9-5+;/t10-,11+,12+,13-,15-;/m1./s1. The minimum atomic E-state index is -1.67. The summed E-state index contributed by atoms with van der Waals surface area (Å²) >= 11 is 0. The van der Waals surface area contributed by atoms with E-state index in [2.05, 4.69) is 0 Å². The molecule has 132 valence electrons. The van der Waals surface area contributed by atoms with Crippen LogP contribution in [0.3, 0.4) is 0 Å². The van der Waals surface area contributed by atoms with Crippen molar-refractivity contribution < 1.29 is 91.2 Å². The molecular weight excluding hydrogens is 361 g/mol. The molecule has 0 spiro atoms. The molecule has 25 heavy (non-hydrogen) atoms. The Morgan fingerprint density at radius 1 is 1.20 bits per heavy atom. The fourth-order valence-electron chi connectivity index (χ4n) is 2.20. The summed E-state index contributed by atoms with van der Waals surface area (Å²) in [4.78, 5) is 11.3. The van der Waals surface area contributed by atoms with Crippen molar-refractivity contribution in [2.24, 2.45) is 5.73 Å². The number of aliphatic hydroxyl groups excluding tert-OH is 3. The molecule has 1 heterocycles. The molecule has 0 bridgehead atoms. The summed E-state index contributed by atoms with van der Waals surface area (Å²) in [5, 5.41) is 49.6. The largest absolute Gasteiger partial charge is 1.00 e. The maximum Gasteiger partial charge on any atom is 1.00 e. The van der Waals surface area contributed by atoms with Crippen LogP contribution in [0.2, 0.25) is 0 Å². The Hall–Kier alpha value is -0.534. The first-order valence-corrected chi connectivity index (χ1v) is 7.12. The van der Waals surface area contributed by atoms with Gasteiger partial charge in [-0.1, -0.05) is 24.3 Å². The zero-order valence-electron chi connectivity index (χ0n) is 13.5. The Kier molecular flexibility index (Phi) is 8.98. The Bertz CT molecular complexity index is 606. The van der Waals surface area contributed by atoms with Crippen molar-refractivity contribution in [2.45, 2.75) is 30.7 Å². The Balaban J connectivity index is 0.00000312. The molecule has 1 aromatic carbocycles. The van der Waals surface area contributed by atoms with Crippen molar-refractivity contribution in [3.05, 3.63) is 35.6 Å². The average molecular weight is 379 g/mol. The number of carboxylic acid groups (broad SMARTS) is 1. The second-order valence-electron chi connectivity index (χ2n) is 5.25. The molecule has 10 heteroatoms. The summed E-state index contributed by atoms with van der Waals surface area (Å²) < 4.78 is 10.3. The number of aliphatic carboxylic acids is 1. The molecule has 2 rings (SSSR count). The fraction of sp³-hybridized carbons (Fsp3) is 0.400. The minimum Gasteiger partial charge on any atom is -0.872 e. The summed E-state index contributed by atoms with van der Waals surface area (Å²) in [5.41, 5.74) is 5.78. The van der Waals surface area contributed by atoms with Crippen LogP contribution in [0.1, 0.15) is 5.56 Å². The van der Waals surface area contributed by atoms with Crippen molar-refractivity contribution in [1.29, 1.82) is 0 Å². The van der Waals surface area contributed by atoms with E-state index in [1.54, 1.807) is 0 Å². The second-order valence-corrected chi connectivity index (χ2v) is 5.25. The van der Waals surface area contributed by atoms with Gasteiger partial charge in [0.15, 0.2) is 0 Å². The number of hydrogen-bond donors (Lipinski definition) is 5. The quantitative estimate of drug-likeness (QED) is 0.191. The Morgan fingerprint density at radius 3 is 2.32 bits per heavy atom. The third-order valence-corrected chi connectivity index (χ3v) is 3.53. The molecule has 0 aromatic heterocycles. The molecule has 0 aliphatic carbocycles. The molecule has 0 radical (unpaired) electrons. The van der Waals surface area contributed by atoms with Crippen molar-refractivity contribution in [3.63, 3.8) is 0 Å². The van der Waals surface area contributed by atoms with Gasteiger partial charge in [-0.05, 0) is 11.6 Å². The normalized spacial score (nSPS) is 29.6. The molecule has 5 atom stereocenters. The molecular formula is C15H18KNO8. The number of carboxylic acids is 1. The van der Waals surface area contributed by atoms with E-state index in [4.69, 9.17) is 15.2 Å². The van der Waals surface area contributed by atoms with Crippen LogP contribution >= 0.6 is 0 Å². The predicted molar refractivity (Wildman–Crippen MR) is 78.3 cm³/mol. The number of nitrogens with two attached hydrogens (primary N) is 1. The molecule has 0 saturated carbocycles. The molecule has 0 unspecified atom stereocenters. The Labute approximate surface area is 186 Å². The second kappa shape index (κ2) is 9.97. The van der Waals surface area contributed by atoms with Gasteiger partial charge in [0.2, 0.25) is 12.0 Å². The van der Waals surface area contributed by atoms with Gasteiger partial charge in [-0.3, -0.25) is 0 Å². The molecule has 6 N–H and O–H groups in total. The summed E-state index contributed by atoms with van der Waals surface area (Å²) in [7, 11) is 0. The van der Waals surface area contributed by atoms with Gasteiger partial charge in [-0.2, -0.15) is 0 Å². The van der Waals surface area contributed by atoms with E-state index in [9.17, 15) is 30.3 Å². The first-order valence-electron chi connectivity index (χ1n) is 7.12. The summed E-state index contributed by atoms with van der Waals surface area (Å²) in [5.74, 6) is -2.25. The van der Waals surface area contributed by atoms with Gasteiger partial charge < -0.3 is 40.7 Å². The number of rotatable bonds is 5. The topological polar surface area (TPSA) is 166 Å². The Morgan fingerprint density at radius 2 is 1.80 bits per heavy atom. The number of carbonyl (C=O) groups is 1. The zero-order chi connectivity index (χ0) is 17.9. The smallest absolute Gasteiger partial charge is 0.872 e. The molecule has 1 aliphatic rings. The maximum absolute atomic E-state index is 11.3. The molecule has 1 aliphatic heterocycles.